The highest BCUT2D eigenvalue weighted by Crippen LogP contribution is 2.25. The fourth-order valence-corrected chi connectivity index (χ4v) is 1.47. The molecule has 156 valence electrons. The Labute approximate surface area is 161 Å². The molecular weight excluding hydrogens is 354 g/mol. The van der Waals surface area contributed by atoms with E-state index in [1.165, 1.54) is 6.08 Å². The van der Waals surface area contributed by atoms with Gasteiger partial charge in [-0.1, -0.05) is 19.9 Å². The molecule has 0 rings (SSSR count). The summed E-state index contributed by atoms with van der Waals surface area (Å²) in [5.41, 5.74) is 4.43. The molecule has 4 N–H and O–H groups in total. The molecule has 0 aliphatic carbocycles. The van der Waals surface area contributed by atoms with Crippen LogP contribution in [0.4, 0.5) is 0 Å². The number of carbonyl (C=O) groups is 1. The molecule has 0 aromatic carbocycles. The largest absolute Gasteiger partial charge is 0.460 e. The zero-order chi connectivity index (χ0) is 21.6. The van der Waals surface area contributed by atoms with Crippen molar-refractivity contribution in [3.8, 4) is 0 Å². The lowest BCUT2D eigenvalue weighted by Gasteiger charge is -2.25. The van der Waals surface area contributed by atoms with Gasteiger partial charge < -0.3 is 20.7 Å². The number of ether oxygens (including phenoxy) is 1. The molecule has 1 unspecified atom stereocenters. The standard InChI is InChI=1S/C11H18N2O2.C5H8O3.C2H7NO/c1-10(11(2,3)13-9-15)6-4-5-7-12-8-14;1-2-5(7)8-4-3-6;3-1-2-4/h10H,4-7H2,1-3H3;2,6H,1,3-4H2;4H,1-3H2. The molecule has 0 heterocycles. The van der Waals surface area contributed by atoms with Crippen LogP contribution in [0.2, 0.25) is 0 Å². The van der Waals surface area contributed by atoms with E-state index in [1.54, 1.807) is 6.08 Å². The van der Waals surface area contributed by atoms with Crippen LogP contribution in [0.15, 0.2) is 22.6 Å². The van der Waals surface area contributed by atoms with Gasteiger partial charge in [0.1, 0.15) is 6.61 Å². The van der Waals surface area contributed by atoms with Crippen LogP contribution in [0.3, 0.4) is 0 Å². The Hall–Kier alpha value is -2.15. The van der Waals surface area contributed by atoms with Crippen molar-refractivity contribution in [1.29, 1.82) is 0 Å². The molecule has 0 saturated carbocycles. The molecule has 0 aliphatic heterocycles. The number of isocyanates is 2. The third-order valence-electron chi connectivity index (χ3n) is 3.39. The molecule has 0 amide bonds. The Kier molecular flexibility index (Phi) is 24.0. The highest BCUT2D eigenvalue weighted by molar-refractivity contribution is 5.81. The van der Waals surface area contributed by atoms with E-state index in [2.05, 4.69) is 28.2 Å². The van der Waals surface area contributed by atoms with Crippen molar-refractivity contribution in [3.63, 3.8) is 0 Å². The molecule has 9 heteroatoms. The summed E-state index contributed by atoms with van der Waals surface area (Å²) in [6.45, 7) is 9.98. The van der Waals surface area contributed by atoms with Gasteiger partial charge >= 0.3 is 5.97 Å². The number of nitrogens with two attached hydrogens (primary N) is 1. The van der Waals surface area contributed by atoms with Crippen LogP contribution in [0, 0.1) is 5.92 Å². The number of hydrogen-bond acceptors (Lipinski definition) is 9. The van der Waals surface area contributed by atoms with Gasteiger partial charge in [0.2, 0.25) is 12.2 Å². The van der Waals surface area contributed by atoms with Gasteiger partial charge in [-0.2, -0.15) is 4.99 Å². The second-order valence-corrected chi connectivity index (χ2v) is 5.83. The number of aliphatic hydroxyl groups is 2. The first kappa shape index (κ1) is 29.6. The summed E-state index contributed by atoms with van der Waals surface area (Å²) in [7, 11) is 0. The summed E-state index contributed by atoms with van der Waals surface area (Å²) >= 11 is 0. The molecule has 0 aliphatic rings. The van der Waals surface area contributed by atoms with Crippen LogP contribution in [0.5, 0.6) is 0 Å². The van der Waals surface area contributed by atoms with E-state index in [9.17, 15) is 14.4 Å². The summed E-state index contributed by atoms with van der Waals surface area (Å²) in [6.07, 6.45) is 6.98. The van der Waals surface area contributed by atoms with Crippen LogP contribution >= 0.6 is 0 Å². The van der Waals surface area contributed by atoms with Crippen LogP contribution in [0.1, 0.15) is 40.0 Å². The zero-order valence-electron chi connectivity index (χ0n) is 16.5. The van der Waals surface area contributed by atoms with Crippen molar-refractivity contribution >= 4 is 18.1 Å². The van der Waals surface area contributed by atoms with Gasteiger partial charge in [-0.15, -0.1) is 0 Å². The van der Waals surface area contributed by atoms with Crippen LogP contribution in [0.25, 0.3) is 0 Å². The van der Waals surface area contributed by atoms with Crippen molar-refractivity contribution in [2.24, 2.45) is 21.6 Å². The second kappa shape index (κ2) is 21.9. The second-order valence-electron chi connectivity index (χ2n) is 5.83. The van der Waals surface area contributed by atoms with Crippen molar-refractivity contribution in [1.82, 2.24) is 0 Å². The first-order valence-electron chi connectivity index (χ1n) is 8.60. The normalized spacial score (nSPS) is 10.4. The fraction of sp³-hybridized carbons (Fsp3) is 0.722. The van der Waals surface area contributed by atoms with E-state index in [0.717, 1.165) is 25.3 Å². The molecule has 27 heavy (non-hydrogen) atoms. The first-order valence-corrected chi connectivity index (χ1v) is 8.60. The summed E-state index contributed by atoms with van der Waals surface area (Å²) in [4.78, 5) is 37.4. The van der Waals surface area contributed by atoms with Gasteiger partial charge in [0.15, 0.2) is 0 Å². The van der Waals surface area contributed by atoms with Crippen molar-refractivity contribution in [2.75, 3.05) is 32.9 Å². The number of hydrogen-bond donors (Lipinski definition) is 3. The van der Waals surface area contributed by atoms with Crippen LogP contribution in [-0.4, -0.2) is 66.8 Å². The number of nitrogens with zero attached hydrogens (tertiary/aromatic N) is 2. The lowest BCUT2D eigenvalue weighted by atomic mass is 9.86. The maximum absolute atomic E-state index is 10.2. The van der Waals surface area contributed by atoms with E-state index >= 15 is 0 Å². The fourth-order valence-electron chi connectivity index (χ4n) is 1.47. The Bertz CT molecular complexity index is 468. The molecule has 0 fully saturated rings. The summed E-state index contributed by atoms with van der Waals surface area (Å²) in [6, 6.07) is 0. The minimum atomic E-state index is -0.501. The predicted octanol–water partition coefficient (Wildman–Crippen LogP) is 0.888. The van der Waals surface area contributed by atoms with Gasteiger partial charge in [-0.3, -0.25) is 0 Å². The lowest BCUT2D eigenvalue weighted by Crippen LogP contribution is -2.26. The number of aliphatic imine (C=N–C) groups is 2. The third-order valence-corrected chi connectivity index (χ3v) is 3.39. The average molecular weight is 387 g/mol. The number of carbonyl (C=O) groups excluding carboxylic acids is 3. The van der Waals surface area contributed by atoms with Crippen LogP contribution in [-0.2, 0) is 19.1 Å². The molecular formula is C18H33N3O6. The van der Waals surface area contributed by atoms with E-state index in [0.29, 0.717) is 19.0 Å². The van der Waals surface area contributed by atoms with E-state index < -0.39 is 5.97 Å². The molecule has 0 aromatic rings. The quantitative estimate of drug-likeness (QED) is 0.156. The lowest BCUT2D eigenvalue weighted by molar-refractivity contribution is -0.138. The molecule has 0 radical (unpaired) electrons. The molecule has 9 nitrogen and oxygen atoms in total. The number of esters is 1. The Morgan fingerprint density at radius 1 is 1.26 bits per heavy atom. The summed E-state index contributed by atoms with van der Waals surface area (Å²) < 4.78 is 4.33. The molecule has 0 spiro atoms. The highest BCUT2D eigenvalue weighted by atomic mass is 16.5. The molecule has 0 aromatic heterocycles. The zero-order valence-corrected chi connectivity index (χ0v) is 16.5. The minimum absolute atomic E-state index is 0.0465. The van der Waals surface area contributed by atoms with Crippen LogP contribution < -0.4 is 5.73 Å². The smallest absolute Gasteiger partial charge is 0.330 e. The highest BCUT2D eigenvalue weighted by Gasteiger charge is 2.24. The molecule has 0 saturated heterocycles. The van der Waals surface area contributed by atoms with Gasteiger partial charge in [-0.05, 0) is 32.6 Å². The Morgan fingerprint density at radius 2 is 1.85 bits per heavy atom. The van der Waals surface area contributed by atoms with E-state index in [-0.39, 0.29) is 25.4 Å². The van der Waals surface area contributed by atoms with Gasteiger partial charge in [0, 0.05) is 12.6 Å². The van der Waals surface area contributed by atoms with E-state index in [1.807, 2.05) is 13.8 Å². The molecule has 0 bridgehead atoms. The number of rotatable bonds is 11. The van der Waals surface area contributed by atoms with Gasteiger partial charge in [0.05, 0.1) is 25.3 Å². The van der Waals surface area contributed by atoms with Crippen molar-refractivity contribution in [3.05, 3.63) is 12.7 Å². The monoisotopic (exact) mass is 387 g/mol. The van der Waals surface area contributed by atoms with Gasteiger partial charge in [0.25, 0.3) is 0 Å². The van der Waals surface area contributed by atoms with Crippen molar-refractivity contribution < 1.29 is 29.3 Å². The maximum atomic E-state index is 10.2. The summed E-state index contributed by atoms with van der Waals surface area (Å²) in [5, 5.41) is 15.8. The summed E-state index contributed by atoms with van der Waals surface area (Å²) in [5.74, 6) is -0.182. The predicted molar refractivity (Wildman–Crippen MR) is 103 cm³/mol. The van der Waals surface area contributed by atoms with Crippen molar-refractivity contribution in [2.45, 2.75) is 45.6 Å². The number of unbranched alkanes of at least 4 members (excludes halogenated alkanes) is 1. The van der Waals surface area contributed by atoms with Gasteiger partial charge in [-0.25, -0.2) is 19.4 Å². The SMILES string of the molecule is C=CC(=O)OCCO.CC(CCCCN=C=O)C(C)(C)N=C=O.NCCO. The third kappa shape index (κ3) is 23.9. The van der Waals surface area contributed by atoms with E-state index in [4.69, 9.17) is 15.9 Å². The number of aliphatic hydroxyl groups excluding tert-OH is 2. The molecule has 1 atom stereocenters. The topological polar surface area (TPSA) is 152 Å². The Balaban J connectivity index is -0.000000400. The average Bonchev–Trinajstić information content (AvgIpc) is 2.66. The Morgan fingerprint density at radius 3 is 2.26 bits per heavy atom. The maximum Gasteiger partial charge on any atom is 0.330 e. The first-order chi connectivity index (χ1) is 12.8. The minimum Gasteiger partial charge on any atom is -0.460 e.